The van der Waals surface area contributed by atoms with Crippen molar-refractivity contribution < 1.29 is 19.2 Å². The lowest BCUT2D eigenvalue weighted by atomic mass is 9.85. The van der Waals surface area contributed by atoms with Gasteiger partial charge in [0.2, 0.25) is 5.91 Å². The maximum Gasteiger partial charge on any atom is 0.319 e. The number of hydrogen-bond donors (Lipinski definition) is 2. The van der Waals surface area contributed by atoms with Crippen LogP contribution in [0.3, 0.4) is 0 Å². The molecule has 38 heavy (non-hydrogen) atoms. The van der Waals surface area contributed by atoms with E-state index in [0.29, 0.717) is 23.1 Å². The predicted octanol–water partition coefficient (Wildman–Crippen LogP) is 4.87. The summed E-state index contributed by atoms with van der Waals surface area (Å²) in [4.78, 5) is 53.1. The average molecular weight is 511 g/mol. The highest BCUT2D eigenvalue weighted by Gasteiger charge is 2.36. The smallest absolute Gasteiger partial charge is 0.319 e. The summed E-state index contributed by atoms with van der Waals surface area (Å²) >= 11 is 0. The van der Waals surface area contributed by atoms with E-state index in [2.05, 4.69) is 10.6 Å². The Morgan fingerprint density at radius 3 is 2.29 bits per heavy atom. The van der Waals surface area contributed by atoms with Crippen LogP contribution in [0.2, 0.25) is 0 Å². The molecule has 0 aromatic heterocycles. The maximum atomic E-state index is 13.6. The molecule has 194 valence electrons. The number of anilines is 2. The number of aldehydes is 1. The Balaban J connectivity index is 1.93. The summed E-state index contributed by atoms with van der Waals surface area (Å²) in [6, 6.07) is 20.4. The highest BCUT2D eigenvalue weighted by atomic mass is 16.2. The summed E-state index contributed by atoms with van der Waals surface area (Å²) in [7, 11) is 0. The van der Waals surface area contributed by atoms with Gasteiger partial charge in [0.25, 0.3) is 0 Å². The van der Waals surface area contributed by atoms with Crippen molar-refractivity contribution in [2.75, 3.05) is 16.8 Å². The lowest BCUT2D eigenvalue weighted by Gasteiger charge is -2.37. The third-order valence-corrected chi connectivity index (χ3v) is 5.92. The number of para-hydroxylation sites is 1. The Bertz CT molecular complexity index is 1380. The third-order valence-electron chi connectivity index (χ3n) is 5.92. The summed E-state index contributed by atoms with van der Waals surface area (Å²) in [5, 5.41) is 14.3. The van der Waals surface area contributed by atoms with E-state index in [-0.39, 0.29) is 17.0 Å². The SMILES string of the molecule is Cc1cccc(NC(=O)NCC(=O)N(c2ccccc2C(=O)c2ccc(C#N)cc2)C(C=O)C(C)(C)C)c1. The molecular formula is C30H30N4O4. The molecule has 0 spiro atoms. The molecule has 0 aliphatic rings. The molecule has 8 heteroatoms. The van der Waals surface area contributed by atoms with E-state index < -0.39 is 29.9 Å². The molecule has 8 nitrogen and oxygen atoms in total. The molecule has 3 rings (SSSR count). The molecule has 3 aromatic rings. The van der Waals surface area contributed by atoms with Crippen LogP contribution in [0.1, 0.15) is 47.8 Å². The number of nitrogens with one attached hydrogen (secondary N) is 2. The van der Waals surface area contributed by atoms with Crippen molar-refractivity contribution in [3.8, 4) is 6.07 Å². The first kappa shape index (κ1) is 27.8. The van der Waals surface area contributed by atoms with Crippen molar-refractivity contribution in [2.24, 2.45) is 5.41 Å². The van der Waals surface area contributed by atoms with Crippen LogP contribution < -0.4 is 15.5 Å². The number of amides is 3. The molecule has 1 atom stereocenters. The lowest BCUT2D eigenvalue weighted by Crippen LogP contribution is -2.52. The van der Waals surface area contributed by atoms with Crippen molar-refractivity contribution in [1.82, 2.24) is 5.32 Å². The fourth-order valence-corrected chi connectivity index (χ4v) is 3.96. The number of carbonyl (C=O) groups excluding carboxylic acids is 4. The van der Waals surface area contributed by atoms with Crippen LogP contribution >= 0.6 is 0 Å². The Labute approximate surface area is 222 Å². The van der Waals surface area contributed by atoms with Crippen molar-refractivity contribution in [3.05, 3.63) is 95.1 Å². The Kier molecular flexibility index (Phi) is 8.77. The van der Waals surface area contributed by atoms with E-state index in [1.807, 2.05) is 39.8 Å². The molecular weight excluding hydrogens is 480 g/mol. The number of benzene rings is 3. The van der Waals surface area contributed by atoms with Gasteiger partial charge in [-0.15, -0.1) is 0 Å². The highest BCUT2D eigenvalue weighted by Crippen LogP contribution is 2.31. The minimum absolute atomic E-state index is 0.214. The quantitative estimate of drug-likeness (QED) is 0.331. The molecule has 0 aliphatic carbocycles. The summed E-state index contributed by atoms with van der Waals surface area (Å²) < 4.78 is 0. The number of rotatable bonds is 8. The number of nitrogens with zero attached hydrogens (tertiary/aromatic N) is 2. The topological polar surface area (TPSA) is 119 Å². The van der Waals surface area contributed by atoms with Crippen LogP contribution in [0, 0.1) is 23.7 Å². The van der Waals surface area contributed by atoms with Crippen molar-refractivity contribution in [1.29, 1.82) is 5.26 Å². The van der Waals surface area contributed by atoms with Gasteiger partial charge in [-0.3, -0.25) is 14.5 Å². The summed E-state index contributed by atoms with van der Waals surface area (Å²) in [6.07, 6.45) is 0.674. The molecule has 0 radical (unpaired) electrons. The van der Waals surface area contributed by atoms with Crippen LogP contribution in [-0.2, 0) is 9.59 Å². The summed E-state index contributed by atoms with van der Waals surface area (Å²) in [5.41, 5.74) is 2.07. The molecule has 0 fully saturated rings. The third kappa shape index (κ3) is 6.71. The van der Waals surface area contributed by atoms with Crippen molar-refractivity contribution in [2.45, 2.75) is 33.7 Å². The van der Waals surface area contributed by atoms with E-state index >= 15 is 0 Å². The Morgan fingerprint density at radius 1 is 1.00 bits per heavy atom. The van der Waals surface area contributed by atoms with E-state index in [1.165, 1.54) is 4.90 Å². The second-order valence-electron chi connectivity index (χ2n) is 9.92. The number of aryl methyl sites for hydroxylation is 1. The van der Waals surface area contributed by atoms with E-state index in [9.17, 15) is 19.2 Å². The zero-order chi connectivity index (χ0) is 27.9. The van der Waals surface area contributed by atoms with Crippen LogP contribution in [0.25, 0.3) is 0 Å². The van der Waals surface area contributed by atoms with Gasteiger partial charge in [0, 0.05) is 16.8 Å². The van der Waals surface area contributed by atoms with Gasteiger partial charge in [0.1, 0.15) is 6.29 Å². The maximum absolute atomic E-state index is 13.6. The van der Waals surface area contributed by atoms with Crippen molar-refractivity contribution >= 4 is 35.4 Å². The van der Waals surface area contributed by atoms with Gasteiger partial charge in [0.15, 0.2) is 5.78 Å². The van der Waals surface area contributed by atoms with E-state index in [0.717, 1.165) is 5.56 Å². The second kappa shape index (κ2) is 12.0. The first-order chi connectivity index (χ1) is 18.0. The second-order valence-corrected chi connectivity index (χ2v) is 9.92. The normalized spacial score (nSPS) is 11.6. The van der Waals surface area contributed by atoms with Crippen molar-refractivity contribution in [3.63, 3.8) is 0 Å². The van der Waals surface area contributed by atoms with Gasteiger partial charge in [-0.1, -0.05) is 45.0 Å². The first-order valence-corrected chi connectivity index (χ1v) is 12.1. The number of urea groups is 1. The lowest BCUT2D eigenvalue weighted by molar-refractivity contribution is -0.121. The van der Waals surface area contributed by atoms with Gasteiger partial charge in [0.05, 0.1) is 29.9 Å². The van der Waals surface area contributed by atoms with E-state index in [4.69, 9.17) is 5.26 Å². The Morgan fingerprint density at radius 2 is 1.68 bits per heavy atom. The van der Waals surface area contributed by atoms with Gasteiger partial charge in [-0.25, -0.2) is 4.79 Å². The molecule has 0 bridgehead atoms. The number of hydrogen-bond acceptors (Lipinski definition) is 5. The number of carbonyl (C=O) groups is 4. The highest BCUT2D eigenvalue weighted by molar-refractivity contribution is 6.15. The van der Waals surface area contributed by atoms with Crippen LogP contribution in [0.4, 0.5) is 16.2 Å². The zero-order valence-corrected chi connectivity index (χ0v) is 21.8. The largest absolute Gasteiger partial charge is 0.329 e. The molecule has 0 heterocycles. The fourth-order valence-electron chi connectivity index (χ4n) is 3.96. The molecule has 0 aliphatic heterocycles. The fraction of sp³-hybridized carbons (Fsp3) is 0.233. The molecule has 0 saturated carbocycles. The molecule has 2 N–H and O–H groups in total. The minimum Gasteiger partial charge on any atom is -0.329 e. The van der Waals surface area contributed by atoms with Gasteiger partial charge < -0.3 is 15.4 Å². The molecule has 3 amide bonds. The molecule has 3 aromatic carbocycles. The number of ketones is 1. The van der Waals surface area contributed by atoms with E-state index in [1.54, 1.807) is 66.7 Å². The average Bonchev–Trinajstić information content (AvgIpc) is 2.89. The first-order valence-electron chi connectivity index (χ1n) is 12.1. The molecule has 1 unspecified atom stereocenters. The summed E-state index contributed by atoms with van der Waals surface area (Å²) in [6.45, 7) is 6.93. The van der Waals surface area contributed by atoms with Gasteiger partial charge >= 0.3 is 6.03 Å². The predicted molar refractivity (Wildman–Crippen MR) is 146 cm³/mol. The molecule has 0 saturated heterocycles. The monoisotopic (exact) mass is 510 g/mol. The van der Waals surface area contributed by atoms with Crippen LogP contribution in [0.15, 0.2) is 72.8 Å². The van der Waals surface area contributed by atoms with Gasteiger partial charge in [-0.05, 0) is 66.4 Å². The zero-order valence-electron chi connectivity index (χ0n) is 21.8. The Hall–Kier alpha value is -4.77. The standard InChI is InChI=1S/C30H30N4O4/c1-20-8-7-9-23(16-20)33-29(38)32-18-27(36)34(26(19-35)30(2,3)4)25-11-6-5-10-24(25)28(37)22-14-12-21(17-31)13-15-22/h5-16,19,26H,18H2,1-4H3,(H2,32,33,38). The summed E-state index contributed by atoms with van der Waals surface area (Å²) in [5.74, 6) is -0.928. The number of nitriles is 1. The minimum atomic E-state index is -0.924. The van der Waals surface area contributed by atoms with Gasteiger partial charge in [-0.2, -0.15) is 5.26 Å². The van der Waals surface area contributed by atoms with Crippen LogP contribution in [0.5, 0.6) is 0 Å². The van der Waals surface area contributed by atoms with Crippen LogP contribution in [-0.4, -0.2) is 36.6 Å².